The van der Waals surface area contributed by atoms with Gasteiger partial charge in [0.15, 0.2) is 6.54 Å². The molecule has 14 nitrogen and oxygen atoms in total. The molecule has 2 N–H and O–H groups in total. The summed E-state index contributed by atoms with van der Waals surface area (Å²) < 4.78 is 20.7. The van der Waals surface area contributed by atoms with E-state index in [4.69, 9.17) is 19.0 Å². The number of ether oxygens (including phenoxy) is 3. The van der Waals surface area contributed by atoms with Gasteiger partial charge in [0.2, 0.25) is 12.3 Å². The van der Waals surface area contributed by atoms with E-state index in [9.17, 15) is 29.4 Å². The Hall–Kier alpha value is -4.53. The second-order valence-electron chi connectivity index (χ2n) is 14.0. The number of hydrogen-bond donors (Lipinski definition) is 2. The molecule has 48 heavy (non-hydrogen) atoms. The Morgan fingerprint density at radius 2 is 1.58 bits per heavy atom. The molecule has 2 aromatic carbocycles. The van der Waals surface area contributed by atoms with Crippen LogP contribution in [0.15, 0.2) is 48.7 Å². The molecular weight excluding hydrogens is 624 g/mol. The number of imide groups is 1. The second kappa shape index (κ2) is 13.5. The van der Waals surface area contributed by atoms with Crippen molar-refractivity contribution in [1.29, 1.82) is 0 Å². The number of aromatic nitrogens is 2. The number of hydroxylamine groups is 2. The van der Waals surface area contributed by atoms with Crippen molar-refractivity contribution in [2.24, 2.45) is 5.92 Å². The second-order valence-corrected chi connectivity index (χ2v) is 14.0. The predicted octanol–water partition coefficient (Wildman–Crippen LogP) is 2.47. The highest BCUT2D eigenvalue weighted by Crippen LogP contribution is 2.26. The van der Waals surface area contributed by atoms with Crippen LogP contribution in [0.4, 0.5) is 4.79 Å². The van der Waals surface area contributed by atoms with E-state index >= 15 is 0 Å². The fourth-order valence-corrected chi connectivity index (χ4v) is 5.44. The number of benzene rings is 2. The first kappa shape index (κ1) is 34.8. The molecule has 2 unspecified atom stereocenters. The van der Waals surface area contributed by atoms with Gasteiger partial charge in [-0.3, -0.25) is 9.59 Å². The molecular formula is C34H43N4O10+. The van der Waals surface area contributed by atoms with Gasteiger partial charge in [0, 0.05) is 13.1 Å². The molecule has 1 saturated heterocycles. The van der Waals surface area contributed by atoms with Gasteiger partial charge in [0.05, 0.1) is 29.0 Å². The fraction of sp³-hybridized carbons (Fsp3) is 0.500. The maximum absolute atomic E-state index is 13.2. The molecule has 0 saturated carbocycles. The van der Waals surface area contributed by atoms with Crippen LogP contribution in [-0.2, 0) is 32.2 Å². The number of rotatable bonds is 11. The zero-order valence-corrected chi connectivity index (χ0v) is 28.0. The van der Waals surface area contributed by atoms with Crippen LogP contribution in [0.1, 0.15) is 62.3 Å². The first-order chi connectivity index (χ1) is 22.5. The summed E-state index contributed by atoms with van der Waals surface area (Å²) in [5.74, 6) is -1.69. The van der Waals surface area contributed by atoms with Gasteiger partial charge >= 0.3 is 12.1 Å². The average Bonchev–Trinajstić information content (AvgIpc) is 3.43. The number of carbonyl (C=O) groups is 4. The number of carbonyl (C=O) groups excluding carboxylic acids is 4. The van der Waals surface area contributed by atoms with E-state index in [-0.39, 0.29) is 36.3 Å². The molecule has 14 heteroatoms. The zero-order chi connectivity index (χ0) is 35.0. The lowest BCUT2D eigenvalue weighted by atomic mass is 10.0. The lowest BCUT2D eigenvalue weighted by Crippen LogP contribution is -2.58. The zero-order valence-electron chi connectivity index (χ0n) is 28.0. The van der Waals surface area contributed by atoms with Gasteiger partial charge in [-0.25, -0.2) is 14.4 Å². The third kappa shape index (κ3) is 7.94. The molecule has 1 aromatic heterocycles. The Kier molecular flexibility index (Phi) is 9.81. The first-order valence-electron chi connectivity index (χ1n) is 15.8. The van der Waals surface area contributed by atoms with Crippen molar-refractivity contribution in [3.63, 3.8) is 0 Å². The Labute approximate surface area is 278 Å². The molecule has 1 fully saturated rings. The molecule has 0 bridgehead atoms. The lowest BCUT2D eigenvalue weighted by Gasteiger charge is -2.38. The van der Waals surface area contributed by atoms with E-state index in [2.05, 4.69) is 0 Å². The first-order valence-corrected chi connectivity index (χ1v) is 15.8. The standard InChI is InChI=1S/C34H43N4O10/c1-33(2,3)46-31(43)28(48-38-29(41)25-9-7-8-10-26(25)30(38)42)20-45-24-11-12-27-22(13-24)17-36(37(27)18-23(40)19-39)16-21-14-35(15-21)32(44)47-34(4,5)6/h7-13,17,21,23,28,39-40H,14-16,18-20H2,1-6H3/q+1. The molecule has 3 heterocycles. The topological polar surface area (TPSA) is 161 Å². The quantitative estimate of drug-likeness (QED) is 0.177. The number of amides is 3. The van der Waals surface area contributed by atoms with Crippen molar-refractivity contribution in [3.8, 4) is 5.75 Å². The summed E-state index contributed by atoms with van der Waals surface area (Å²) in [6.45, 7) is 11.4. The van der Waals surface area contributed by atoms with Crippen molar-refractivity contribution in [2.45, 2.75) is 78.0 Å². The number of hydrogen-bond acceptors (Lipinski definition) is 10. The summed E-state index contributed by atoms with van der Waals surface area (Å²) in [6, 6.07) is 11.5. The third-order valence-corrected chi connectivity index (χ3v) is 7.58. The van der Waals surface area contributed by atoms with Crippen LogP contribution in [0.3, 0.4) is 0 Å². The smallest absolute Gasteiger partial charge is 0.410 e. The van der Waals surface area contributed by atoms with Gasteiger partial charge in [-0.1, -0.05) is 12.1 Å². The van der Waals surface area contributed by atoms with E-state index in [1.165, 1.54) is 12.1 Å². The minimum Gasteiger partial charge on any atom is -0.490 e. The van der Waals surface area contributed by atoms with Crippen molar-refractivity contribution >= 4 is 34.8 Å². The summed E-state index contributed by atoms with van der Waals surface area (Å²) in [4.78, 5) is 58.7. The van der Waals surface area contributed by atoms with Crippen LogP contribution in [0.5, 0.6) is 5.75 Å². The summed E-state index contributed by atoms with van der Waals surface area (Å²) in [7, 11) is 0. The van der Waals surface area contributed by atoms with Gasteiger partial charge in [0.25, 0.3) is 11.8 Å². The number of likely N-dealkylation sites (tertiary alicyclic amines) is 1. The van der Waals surface area contributed by atoms with Gasteiger partial charge in [0.1, 0.15) is 41.7 Å². The molecule has 5 rings (SSSR count). The molecule has 2 aliphatic rings. The highest BCUT2D eigenvalue weighted by molar-refractivity contribution is 6.20. The van der Waals surface area contributed by atoms with Crippen molar-refractivity contribution in [2.75, 3.05) is 26.3 Å². The normalized spacial score (nSPS) is 16.5. The van der Waals surface area contributed by atoms with Gasteiger partial charge in [-0.05, 0) is 71.9 Å². The maximum Gasteiger partial charge on any atom is 0.410 e. The van der Waals surface area contributed by atoms with Crippen LogP contribution in [0, 0.1) is 5.92 Å². The molecule has 0 aliphatic carbocycles. The minimum atomic E-state index is -1.46. The molecule has 0 radical (unpaired) electrons. The van der Waals surface area contributed by atoms with Crippen LogP contribution in [-0.4, -0.2) is 98.4 Å². The van der Waals surface area contributed by atoms with E-state index < -0.39 is 47.8 Å². The maximum atomic E-state index is 13.2. The van der Waals surface area contributed by atoms with Crippen molar-refractivity contribution in [1.82, 2.24) is 14.6 Å². The van der Waals surface area contributed by atoms with Crippen LogP contribution in [0.2, 0.25) is 0 Å². The fourth-order valence-electron chi connectivity index (χ4n) is 5.44. The van der Waals surface area contributed by atoms with E-state index in [0.29, 0.717) is 30.4 Å². The van der Waals surface area contributed by atoms with E-state index in [1.54, 1.807) is 56.0 Å². The largest absolute Gasteiger partial charge is 0.490 e. The summed E-state index contributed by atoms with van der Waals surface area (Å²) >= 11 is 0. The predicted molar refractivity (Wildman–Crippen MR) is 170 cm³/mol. The summed E-state index contributed by atoms with van der Waals surface area (Å²) in [6.07, 6.45) is -0.944. The van der Waals surface area contributed by atoms with Gasteiger partial charge in [-0.2, -0.15) is 4.68 Å². The number of aliphatic hydroxyl groups is 2. The molecule has 2 atom stereocenters. The molecule has 3 amide bonds. The van der Waals surface area contributed by atoms with Gasteiger partial charge < -0.3 is 29.3 Å². The average molecular weight is 668 g/mol. The number of aliphatic hydroxyl groups excluding tert-OH is 2. The van der Waals surface area contributed by atoms with Crippen molar-refractivity contribution < 1.29 is 53.1 Å². The number of nitrogens with zero attached hydrogens (tertiary/aromatic N) is 4. The highest BCUT2D eigenvalue weighted by atomic mass is 16.7. The number of fused-ring (bicyclic) bond motifs is 2. The molecule has 0 spiro atoms. The third-order valence-electron chi connectivity index (χ3n) is 7.58. The highest BCUT2D eigenvalue weighted by Gasteiger charge is 2.41. The van der Waals surface area contributed by atoms with Crippen molar-refractivity contribution in [3.05, 3.63) is 59.8 Å². The minimum absolute atomic E-state index is 0.123. The van der Waals surface area contributed by atoms with Crippen LogP contribution in [0.25, 0.3) is 10.9 Å². The lowest BCUT2D eigenvalue weighted by molar-refractivity contribution is -0.780. The summed E-state index contributed by atoms with van der Waals surface area (Å²) in [5.41, 5.74) is -0.373. The molecule has 3 aromatic rings. The Balaban J connectivity index is 1.32. The monoisotopic (exact) mass is 667 g/mol. The van der Waals surface area contributed by atoms with E-state index in [1.807, 2.05) is 36.3 Å². The molecule has 2 aliphatic heterocycles. The Bertz CT molecular complexity index is 1660. The SMILES string of the molecule is CC(C)(C)OC(=O)C(COc1ccc2c(c1)c[n+](CC1CN(C(=O)OC(C)(C)C)C1)n2CC(O)CO)ON1C(=O)c2ccccc2C1=O. The van der Waals surface area contributed by atoms with Gasteiger partial charge in [-0.15, -0.1) is 9.75 Å². The Morgan fingerprint density at radius 1 is 0.958 bits per heavy atom. The van der Waals surface area contributed by atoms with Crippen LogP contribution >= 0.6 is 0 Å². The van der Waals surface area contributed by atoms with E-state index in [0.717, 1.165) is 10.9 Å². The molecule has 258 valence electrons. The summed E-state index contributed by atoms with van der Waals surface area (Å²) in [5, 5.41) is 21.2. The number of esters is 1. The van der Waals surface area contributed by atoms with Crippen LogP contribution < -0.4 is 9.42 Å². The Morgan fingerprint density at radius 3 is 2.17 bits per heavy atom.